The van der Waals surface area contributed by atoms with E-state index in [4.69, 9.17) is 39.5 Å². The van der Waals surface area contributed by atoms with Gasteiger partial charge in [0.2, 0.25) is 0 Å². The van der Waals surface area contributed by atoms with E-state index in [2.05, 4.69) is 6.58 Å². The Morgan fingerprint density at radius 3 is 2.50 bits per heavy atom. The molecular formula is C9H5Cl3O2. The minimum Gasteiger partial charge on any atom is -0.422 e. The molecule has 2 nitrogen and oxygen atoms in total. The molecule has 0 saturated carbocycles. The number of esters is 1. The Bertz CT molecular complexity index is 388. The van der Waals surface area contributed by atoms with Crippen molar-refractivity contribution in [1.29, 1.82) is 0 Å². The molecule has 0 aliphatic carbocycles. The zero-order chi connectivity index (χ0) is 10.7. The maximum Gasteiger partial charge on any atom is 0.335 e. The van der Waals surface area contributed by atoms with E-state index in [1.807, 2.05) is 0 Å². The monoisotopic (exact) mass is 250 g/mol. The van der Waals surface area contributed by atoms with Gasteiger partial charge in [0, 0.05) is 6.08 Å². The second-order valence-electron chi connectivity index (χ2n) is 2.30. The van der Waals surface area contributed by atoms with E-state index in [9.17, 15) is 4.79 Å². The number of hydrogen-bond donors (Lipinski definition) is 0. The molecule has 0 spiro atoms. The lowest BCUT2D eigenvalue weighted by Gasteiger charge is -2.05. The maximum atomic E-state index is 10.9. The molecule has 1 rings (SSSR count). The third-order valence-corrected chi connectivity index (χ3v) is 2.65. The number of hydrogen-bond acceptors (Lipinski definition) is 2. The first-order valence-electron chi connectivity index (χ1n) is 3.54. The molecule has 14 heavy (non-hydrogen) atoms. The highest BCUT2D eigenvalue weighted by Gasteiger charge is 2.11. The first-order chi connectivity index (χ1) is 6.56. The van der Waals surface area contributed by atoms with Crippen molar-refractivity contribution in [2.45, 2.75) is 0 Å². The zero-order valence-electron chi connectivity index (χ0n) is 6.89. The van der Waals surface area contributed by atoms with Crippen LogP contribution < -0.4 is 4.74 Å². The Labute approximate surface area is 96.0 Å². The summed E-state index contributed by atoms with van der Waals surface area (Å²) in [7, 11) is 0. The second kappa shape index (κ2) is 4.69. The highest BCUT2D eigenvalue weighted by atomic mass is 35.5. The summed E-state index contributed by atoms with van der Waals surface area (Å²) in [6.45, 7) is 3.25. The molecule has 0 saturated heterocycles. The van der Waals surface area contributed by atoms with Crippen LogP contribution in [0.3, 0.4) is 0 Å². The Kier molecular flexibility index (Phi) is 3.81. The van der Waals surface area contributed by atoms with Crippen LogP contribution in [0.15, 0.2) is 24.8 Å². The summed E-state index contributed by atoms with van der Waals surface area (Å²) in [5.41, 5.74) is 0. The van der Waals surface area contributed by atoms with E-state index < -0.39 is 5.97 Å². The zero-order valence-corrected chi connectivity index (χ0v) is 9.16. The van der Waals surface area contributed by atoms with Crippen LogP contribution in [0.5, 0.6) is 5.75 Å². The lowest BCUT2D eigenvalue weighted by Crippen LogP contribution is -2.03. The van der Waals surface area contributed by atoms with Crippen LogP contribution >= 0.6 is 34.8 Å². The standard InChI is InChI=1S/C9H5Cl3O2/c1-2-7(13)14-6-4-3-5(10)8(11)9(6)12/h2-4H,1H2. The van der Waals surface area contributed by atoms with Gasteiger partial charge in [-0.05, 0) is 12.1 Å². The van der Waals surface area contributed by atoms with Gasteiger partial charge in [-0.25, -0.2) is 4.79 Å². The first kappa shape index (κ1) is 11.4. The van der Waals surface area contributed by atoms with Gasteiger partial charge in [0.15, 0.2) is 5.75 Å². The molecule has 0 N–H and O–H groups in total. The molecule has 0 fully saturated rings. The van der Waals surface area contributed by atoms with E-state index in [-0.39, 0.29) is 15.8 Å². The number of ether oxygens (including phenoxy) is 1. The Morgan fingerprint density at radius 2 is 1.93 bits per heavy atom. The van der Waals surface area contributed by atoms with Crippen molar-refractivity contribution in [1.82, 2.24) is 0 Å². The average Bonchev–Trinajstić information content (AvgIpc) is 2.19. The van der Waals surface area contributed by atoms with Gasteiger partial charge in [-0.1, -0.05) is 41.4 Å². The summed E-state index contributed by atoms with van der Waals surface area (Å²) in [5, 5.41) is 0.562. The maximum absolute atomic E-state index is 10.9. The molecule has 74 valence electrons. The third-order valence-electron chi connectivity index (χ3n) is 1.38. The van der Waals surface area contributed by atoms with Crippen LogP contribution in [0.25, 0.3) is 0 Å². The molecule has 0 heterocycles. The van der Waals surface area contributed by atoms with E-state index in [1.165, 1.54) is 12.1 Å². The summed E-state index contributed by atoms with van der Waals surface area (Å²) in [5.74, 6) is -0.448. The third kappa shape index (κ3) is 2.41. The minimum atomic E-state index is -0.606. The average molecular weight is 251 g/mol. The van der Waals surface area contributed by atoms with Crippen molar-refractivity contribution in [3.63, 3.8) is 0 Å². The highest BCUT2D eigenvalue weighted by Crippen LogP contribution is 2.37. The molecular weight excluding hydrogens is 246 g/mol. The van der Waals surface area contributed by atoms with Crippen LogP contribution in [0.1, 0.15) is 0 Å². The fourth-order valence-electron chi connectivity index (χ4n) is 0.737. The molecule has 0 bridgehead atoms. The van der Waals surface area contributed by atoms with Gasteiger partial charge in [-0.3, -0.25) is 0 Å². The smallest absolute Gasteiger partial charge is 0.335 e. The van der Waals surface area contributed by atoms with Crippen molar-refractivity contribution in [3.05, 3.63) is 39.9 Å². The van der Waals surface area contributed by atoms with Gasteiger partial charge in [-0.2, -0.15) is 0 Å². The Morgan fingerprint density at radius 1 is 1.29 bits per heavy atom. The largest absolute Gasteiger partial charge is 0.422 e. The number of carbonyl (C=O) groups excluding carboxylic acids is 1. The molecule has 0 unspecified atom stereocenters. The molecule has 0 atom stereocenters. The van der Waals surface area contributed by atoms with Crippen molar-refractivity contribution >= 4 is 40.8 Å². The van der Waals surface area contributed by atoms with Gasteiger partial charge in [0.1, 0.15) is 5.02 Å². The lowest BCUT2D eigenvalue weighted by atomic mass is 10.3. The van der Waals surface area contributed by atoms with Gasteiger partial charge in [0.05, 0.1) is 10.0 Å². The Balaban J connectivity index is 3.05. The Hall–Kier alpha value is -0.700. The van der Waals surface area contributed by atoms with Crippen molar-refractivity contribution in [2.75, 3.05) is 0 Å². The molecule has 1 aromatic carbocycles. The molecule has 0 aliphatic heterocycles. The van der Waals surface area contributed by atoms with Crippen molar-refractivity contribution in [3.8, 4) is 5.75 Å². The lowest BCUT2D eigenvalue weighted by molar-refractivity contribution is -0.128. The summed E-state index contributed by atoms with van der Waals surface area (Å²) in [6.07, 6.45) is 1.03. The highest BCUT2D eigenvalue weighted by molar-refractivity contribution is 6.48. The fourth-order valence-corrected chi connectivity index (χ4v) is 1.30. The predicted molar refractivity (Wildman–Crippen MR) is 57.3 cm³/mol. The van der Waals surface area contributed by atoms with Gasteiger partial charge in [0.25, 0.3) is 0 Å². The van der Waals surface area contributed by atoms with E-state index in [0.717, 1.165) is 6.08 Å². The molecule has 0 radical (unpaired) electrons. The van der Waals surface area contributed by atoms with Gasteiger partial charge < -0.3 is 4.74 Å². The normalized spacial score (nSPS) is 9.64. The van der Waals surface area contributed by atoms with Crippen LogP contribution in [-0.2, 0) is 4.79 Å². The second-order valence-corrected chi connectivity index (χ2v) is 3.46. The van der Waals surface area contributed by atoms with Crippen molar-refractivity contribution < 1.29 is 9.53 Å². The fraction of sp³-hybridized carbons (Fsp3) is 0. The SMILES string of the molecule is C=CC(=O)Oc1ccc(Cl)c(Cl)c1Cl. The van der Waals surface area contributed by atoms with Crippen LogP contribution in [0.4, 0.5) is 0 Å². The number of benzene rings is 1. The molecule has 0 aromatic heterocycles. The van der Waals surface area contributed by atoms with Crippen LogP contribution in [-0.4, -0.2) is 5.97 Å². The molecule has 0 aliphatic rings. The molecule has 0 amide bonds. The quantitative estimate of drug-likeness (QED) is 0.346. The summed E-state index contributed by atoms with van der Waals surface area (Å²) in [4.78, 5) is 10.9. The van der Waals surface area contributed by atoms with E-state index in [0.29, 0.717) is 5.02 Å². The topological polar surface area (TPSA) is 26.3 Å². The number of rotatable bonds is 2. The van der Waals surface area contributed by atoms with E-state index >= 15 is 0 Å². The minimum absolute atomic E-state index is 0.106. The van der Waals surface area contributed by atoms with Crippen LogP contribution in [0.2, 0.25) is 15.1 Å². The number of carbonyl (C=O) groups is 1. The van der Waals surface area contributed by atoms with Gasteiger partial charge >= 0.3 is 5.97 Å². The van der Waals surface area contributed by atoms with Crippen LogP contribution in [0, 0.1) is 0 Å². The van der Waals surface area contributed by atoms with Crippen molar-refractivity contribution in [2.24, 2.45) is 0 Å². The summed E-state index contributed by atoms with van der Waals surface area (Å²) in [6, 6.07) is 2.94. The predicted octanol–water partition coefficient (Wildman–Crippen LogP) is 3.74. The first-order valence-corrected chi connectivity index (χ1v) is 4.67. The number of halogens is 3. The van der Waals surface area contributed by atoms with Gasteiger partial charge in [-0.15, -0.1) is 0 Å². The summed E-state index contributed by atoms with van der Waals surface area (Å²) < 4.78 is 4.80. The molecule has 1 aromatic rings. The van der Waals surface area contributed by atoms with E-state index in [1.54, 1.807) is 0 Å². The molecule has 5 heteroatoms. The summed E-state index contributed by atoms with van der Waals surface area (Å²) >= 11 is 17.2.